The molecule has 5 heteroatoms. The predicted octanol–water partition coefficient (Wildman–Crippen LogP) is 3.16. The Balaban J connectivity index is 1.44. The van der Waals surface area contributed by atoms with Gasteiger partial charge in [0.15, 0.2) is 0 Å². The van der Waals surface area contributed by atoms with E-state index in [9.17, 15) is 0 Å². The lowest BCUT2D eigenvalue weighted by Gasteiger charge is -2.36. The van der Waals surface area contributed by atoms with E-state index in [4.69, 9.17) is 14.7 Å². The minimum absolute atomic E-state index is 0.654. The zero-order valence-electron chi connectivity index (χ0n) is 15.2. The van der Waals surface area contributed by atoms with Crippen LogP contribution in [0.5, 0.6) is 11.5 Å². The van der Waals surface area contributed by atoms with Crippen molar-refractivity contribution in [1.29, 1.82) is 5.26 Å². The van der Waals surface area contributed by atoms with Gasteiger partial charge in [-0.15, -0.1) is 0 Å². The molecule has 0 radical (unpaired) electrons. The maximum atomic E-state index is 8.82. The van der Waals surface area contributed by atoms with Gasteiger partial charge in [0.1, 0.15) is 18.1 Å². The lowest BCUT2D eigenvalue weighted by molar-refractivity contribution is 0.200. The smallest absolute Gasteiger partial charge is 0.142 e. The topological polar surface area (TPSA) is 48.7 Å². The van der Waals surface area contributed by atoms with E-state index in [0.29, 0.717) is 18.8 Å². The first kappa shape index (κ1) is 18.1. The average Bonchev–Trinajstić information content (AvgIpc) is 2.70. The second-order valence-corrected chi connectivity index (χ2v) is 6.21. The molecular formula is C21H25N3O2. The van der Waals surface area contributed by atoms with E-state index in [1.165, 1.54) is 5.69 Å². The number of nitrogens with zero attached hydrogens (tertiary/aromatic N) is 3. The van der Waals surface area contributed by atoms with Gasteiger partial charge in [-0.2, -0.15) is 5.26 Å². The van der Waals surface area contributed by atoms with Crippen LogP contribution in [0.2, 0.25) is 0 Å². The highest BCUT2D eigenvalue weighted by Gasteiger charge is 2.19. The Labute approximate surface area is 155 Å². The number of rotatable bonds is 7. The summed E-state index contributed by atoms with van der Waals surface area (Å²) >= 11 is 0. The van der Waals surface area contributed by atoms with Crippen LogP contribution in [0, 0.1) is 11.3 Å². The number of piperazine rings is 1. The molecule has 0 spiro atoms. The summed E-state index contributed by atoms with van der Waals surface area (Å²) in [6, 6.07) is 17.6. The van der Waals surface area contributed by atoms with Crippen LogP contribution in [0.25, 0.3) is 0 Å². The Morgan fingerprint density at radius 1 is 0.962 bits per heavy atom. The molecule has 1 fully saturated rings. The first-order valence-corrected chi connectivity index (χ1v) is 9.12. The van der Waals surface area contributed by atoms with Crippen molar-refractivity contribution in [1.82, 2.24) is 4.90 Å². The predicted molar refractivity (Wildman–Crippen MR) is 103 cm³/mol. The molecule has 5 nitrogen and oxygen atoms in total. The molecule has 1 saturated heterocycles. The van der Waals surface area contributed by atoms with E-state index in [2.05, 4.69) is 28.0 Å². The number of hydrogen-bond acceptors (Lipinski definition) is 5. The minimum Gasteiger partial charge on any atom is -0.492 e. The Morgan fingerprint density at radius 2 is 1.69 bits per heavy atom. The number of nitriles is 1. The monoisotopic (exact) mass is 351 g/mol. The molecule has 2 aromatic rings. The van der Waals surface area contributed by atoms with E-state index in [0.717, 1.165) is 44.2 Å². The molecule has 0 N–H and O–H groups in total. The minimum atomic E-state index is 0.654. The van der Waals surface area contributed by atoms with Gasteiger partial charge < -0.3 is 14.4 Å². The third kappa shape index (κ3) is 4.68. The second kappa shape index (κ2) is 9.12. The standard InChI is InChI=1S/C21H25N3O2/c1-2-25-21-6-4-3-5-20(21)24-13-11-23(12-14-24)15-16-26-19-9-7-18(17-22)8-10-19/h3-10H,2,11-16H2,1H3. The van der Waals surface area contributed by atoms with Gasteiger partial charge in [0.2, 0.25) is 0 Å². The highest BCUT2D eigenvalue weighted by Crippen LogP contribution is 2.28. The Hall–Kier alpha value is -2.71. The molecule has 0 atom stereocenters. The fourth-order valence-electron chi connectivity index (χ4n) is 3.13. The van der Waals surface area contributed by atoms with Crippen molar-refractivity contribution in [3.63, 3.8) is 0 Å². The van der Waals surface area contributed by atoms with E-state index in [-0.39, 0.29) is 0 Å². The van der Waals surface area contributed by atoms with Gasteiger partial charge in [-0.1, -0.05) is 12.1 Å². The lowest BCUT2D eigenvalue weighted by atomic mass is 10.2. The summed E-state index contributed by atoms with van der Waals surface area (Å²) in [6.07, 6.45) is 0. The van der Waals surface area contributed by atoms with E-state index in [1.54, 1.807) is 12.1 Å². The third-order valence-corrected chi connectivity index (χ3v) is 4.54. The van der Waals surface area contributed by atoms with E-state index in [1.807, 2.05) is 31.2 Å². The summed E-state index contributed by atoms with van der Waals surface area (Å²) in [6.45, 7) is 8.25. The molecule has 0 unspecified atom stereocenters. The zero-order valence-corrected chi connectivity index (χ0v) is 15.2. The van der Waals surface area contributed by atoms with Crippen molar-refractivity contribution in [2.75, 3.05) is 50.8 Å². The first-order valence-electron chi connectivity index (χ1n) is 9.12. The van der Waals surface area contributed by atoms with Gasteiger partial charge in [-0.05, 0) is 43.3 Å². The summed E-state index contributed by atoms with van der Waals surface area (Å²) in [5, 5.41) is 8.82. The second-order valence-electron chi connectivity index (χ2n) is 6.21. The lowest BCUT2D eigenvalue weighted by Crippen LogP contribution is -2.47. The van der Waals surface area contributed by atoms with Gasteiger partial charge in [-0.25, -0.2) is 0 Å². The molecule has 1 heterocycles. The van der Waals surface area contributed by atoms with Crippen LogP contribution in [-0.4, -0.2) is 50.8 Å². The molecule has 0 aromatic heterocycles. The van der Waals surface area contributed by atoms with E-state index < -0.39 is 0 Å². The molecule has 0 amide bonds. The Bertz CT molecular complexity index is 732. The van der Waals surface area contributed by atoms with Crippen molar-refractivity contribution < 1.29 is 9.47 Å². The quantitative estimate of drug-likeness (QED) is 0.767. The summed E-state index contributed by atoms with van der Waals surface area (Å²) in [7, 11) is 0. The van der Waals surface area contributed by atoms with Crippen molar-refractivity contribution in [2.45, 2.75) is 6.92 Å². The van der Waals surface area contributed by atoms with Crippen molar-refractivity contribution in [2.24, 2.45) is 0 Å². The summed E-state index contributed by atoms with van der Waals surface area (Å²) in [5.41, 5.74) is 1.84. The van der Waals surface area contributed by atoms with Crippen LogP contribution >= 0.6 is 0 Å². The number of benzene rings is 2. The van der Waals surface area contributed by atoms with Gasteiger partial charge in [0, 0.05) is 32.7 Å². The van der Waals surface area contributed by atoms with E-state index >= 15 is 0 Å². The number of ether oxygens (including phenoxy) is 2. The molecule has 1 aliphatic rings. The van der Waals surface area contributed by atoms with Crippen molar-refractivity contribution in [3.8, 4) is 17.6 Å². The Morgan fingerprint density at radius 3 is 2.38 bits per heavy atom. The fourth-order valence-corrected chi connectivity index (χ4v) is 3.13. The molecule has 1 aliphatic heterocycles. The molecule has 0 saturated carbocycles. The van der Waals surface area contributed by atoms with Gasteiger partial charge in [0.05, 0.1) is 23.9 Å². The van der Waals surface area contributed by atoms with Crippen LogP contribution in [0.4, 0.5) is 5.69 Å². The van der Waals surface area contributed by atoms with Gasteiger partial charge >= 0.3 is 0 Å². The molecule has 0 bridgehead atoms. The maximum absolute atomic E-state index is 8.82. The molecule has 136 valence electrons. The molecular weight excluding hydrogens is 326 g/mol. The molecule has 3 rings (SSSR count). The summed E-state index contributed by atoms with van der Waals surface area (Å²) < 4.78 is 11.5. The largest absolute Gasteiger partial charge is 0.492 e. The van der Waals surface area contributed by atoms with Crippen molar-refractivity contribution >= 4 is 5.69 Å². The molecule has 26 heavy (non-hydrogen) atoms. The summed E-state index contributed by atoms with van der Waals surface area (Å²) in [5.74, 6) is 1.78. The molecule has 2 aromatic carbocycles. The van der Waals surface area contributed by atoms with Crippen molar-refractivity contribution in [3.05, 3.63) is 54.1 Å². The number of para-hydroxylation sites is 2. The first-order chi connectivity index (χ1) is 12.8. The normalized spacial score (nSPS) is 14.7. The van der Waals surface area contributed by atoms with Crippen LogP contribution in [0.15, 0.2) is 48.5 Å². The highest BCUT2D eigenvalue weighted by molar-refractivity contribution is 5.58. The van der Waals surface area contributed by atoms with Gasteiger partial charge in [-0.3, -0.25) is 4.90 Å². The Kier molecular flexibility index (Phi) is 6.34. The van der Waals surface area contributed by atoms with Gasteiger partial charge in [0.25, 0.3) is 0 Å². The summed E-state index contributed by atoms with van der Waals surface area (Å²) in [4.78, 5) is 4.81. The zero-order chi connectivity index (χ0) is 18.2. The van der Waals surface area contributed by atoms with Crippen LogP contribution < -0.4 is 14.4 Å². The number of anilines is 1. The van der Waals surface area contributed by atoms with Crippen LogP contribution in [0.1, 0.15) is 12.5 Å². The average molecular weight is 351 g/mol. The highest BCUT2D eigenvalue weighted by atomic mass is 16.5. The molecule has 0 aliphatic carbocycles. The maximum Gasteiger partial charge on any atom is 0.142 e. The fraction of sp³-hybridized carbons (Fsp3) is 0.381. The third-order valence-electron chi connectivity index (χ3n) is 4.54. The number of hydrogen-bond donors (Lipinski definition) is 0. The van der Waals surface area contributed by atoms with Crippen LogP contribution in [0.3, 0.4) is 0 Å². The SMILES string of the molecule is CCOc1ccccc1N1CCN(CCOc2ccc(C#N)cc2)CC1. The van der Waals surface area contributed by atoms with Crippen LogP contribution in [-0.2, 0) is 0 Å².